The Morgan fingerprint density at radius 2 is 2.11 bits per heavy atom. The maximum absolute atomic E-state index is 11.9. The summed E-state index contributed by atoms with van der Waals surface area (Å²) in [5.41, 5.74) is 2.40. The van der Waals surface area contributed by atoms with Crippen LogP contribution in [-0.2, 0) is 16.4 Å². The van der Waals surface area contributed by atoms with Gasteiger partial charge in [0.1, 0.15) is 0 Å². The van der Waals surface area contributed by atoms with E-state index in [9.17, 15) is 8.42 Å². The van der Waals surface area contributed by atoms with Crippen molar-refractivity contribution in [3.8, 4) is 0 Å². The average molecular weight is 282 g/mol. The highest BCUT2D eigenvalue weighted by Gasteiger charge is 2.15. The van der Waals surface area contributed by atoms with E-state index in [4.69, 9.17) is 0 Å². The fraction of sp³-hybridized carbons (Fsp3) is 0.250. The van der Waals surface area contributed by atoms with Crippen LogP contribution in [0.5, 0.6) is 0 Å². The van der Waals surface area contributed by atoms with Gasteiger partial charge in [0.2, 0.25) is 0 Å². The quantitative estimate of drug-likeness (QED) is 0.915. The first-order chi connectivity index (χ1) is 8.63. The second-order valence-corrected chi connectivity index (χ2v) is 6.94. The van der Waals surface area contributed by atoms with Crippen LogP contribution in [0.1, 0.15) is 11.8 Å². The number of para-hydroxylation sites is 1. The lowest BCUT2D eigenvalue weighted by atomic mass is 10.3. The minimum Gasteiger partial charge on any atom is -0.379 e. The molecule has 0 aliphatic heterocycles. The molecule has 2 rings (SSSR count). The average Bonchev–Trinajstić information content (AvgIpc) is 2.90. The van der Waals surface area contributed by atoms with Crippen LogP contribution in [-0.4, -0.2) is 19.2 Å². The first-order valence-electron chi connectivity index (χ1n) is 5.56. The number of thiazole rings is 1. The van der Waals surface area contributed by atoms with Crippen LogP contribution in [0, 0.1) is 0 Å². The predicted molar refractivity (Wildman–Crippen MR) is 73.6 cm³/mol. The summed E-state index contributed by atoms with van der Waals surface area (Å²) in [6.45, 7) is 2.23. The molecule has 0 saturated heterocycles. The molecule has 0 aliphatic rings. The van der Waals surface area contributed by atoms with Gasteiger partial charge in [-0.15, -0.1) is 11.3 Å². The number of sulfone groups is 1. The van der Waals surface area contributed by atoms with Gasteiger partial charge < -0.3 is 5.32 Å². The summed E-state index contributed by atoms with van der Waals surface area (Å²) in [6.07, 6.45) is 1.77. The molecule has 0 bridgehead atoms. The fourth-order valence-electron chi connectivity index (χ4n) is 1.55. The van der Waals surface area contributed by atoms with Crippen LogP contribution >= 0.6 is 11.3 Å². The van der Waals surface area contributed by atoms with E-state index in [1.807, 2.05) is 6.07 Å². The Morgan fingerprint density at radius 3 is 2.78 bits per heavy atom. The monoisotopic (exact) mass is 282 g/mol. The summed E-state index contributed by atoms with van der Waals surface area (Å²) in [7, 11) is -3.19. The molecule has 0 fully saturated rings. The van der Waals surface area contributed by atoms with Crippen molar-refractivity contribution >= 4 is 26.9 Å². The van der Waals surface area contributed by atoms with Gasteiger partial charge >= 0.3 is 0 Å². The normalized spacial score (nSPS) is 11.4. The summed E-state index contributed by atoms with van der Waals surface area (Å²) >= 11 is 1.54. The van der Waals surface area contributed by atoms with E-state index in [1.54, 1.807) is 36.8 Å². The molecule has 0 saturated carbocycles. The maximum atomic E-state index is 11.9. The number of aromatic nitrogens is 1. The number of rotatable bonds is 5. The second kappa shape index (κ2) is 5.49. The molecule has 4 nitrogen and oxygen atoms in total. The predicted octanol–water partition coefficient (Wildman–Crippen LogP) is 2.55. The lowest BCUT2D eigenvalue weighted by Gasteiger charge is -2.10. The number of nitrogens with zero attached hydrogens (tertiary/aromatic N) is 1. The van der Waals surface area contributed by atoms with E-state index < -0.39 is 9.84 Å². The topological polar surface area (TPSA) is 59.1 Å². The van der Waals surface area contributed by atoms with E-state index in [1.165, 1.54) is 11.3 Å². The number of benzene rings is 1. The third-order valence-electron chi connectivity index (χ3n) is 2.54. The highest BCUT2D eigenvalue weighted by atomic mass is 32.2. The second-order valence-electron chi connectivity index (χ2n) is 3.72. The number of hydrogen-bond acceptors (Lipinski definition) is 5. The Kier molecular flexibility index (Phi) is 3.98. The molecule has 1 aromatic carbocycles. The number of anilines is 1. The summed E-state index contributed by atoms with van der Waals surface area (Å²) in [6, 6.07) is 6.97. The van der Waals surface area contributed by atoms with Crippen LogP contribution in [0.3, 0.4) is 0 Å². The Bertz CT molecular complexity index is 607. The molecule has 0 amide bonds. The van der Waals surface area contributed by atoms with Crippen molar-refractivity contribution in [2.45, 2.75) is 18.4 Å². The van der Waals surface area contributed by atoms with Gasteiger partial charge in [-0.1, -0.05) is 19.1 Å². The summed E-state index contributed by atoms with van der Waals surface area (Å²) in [4.78, 5) is 5.41. The van der Waals surface area contributed by atoms with Crippen molar-refractivity contribution < 1.29 is 8.42 Å². The molecule has 6 heteroatoms. The third-order valence-corrected chi connectivity index (χ3v) is 5.10. The van der Waals surface area contributed by atoms with Crippen LogP contribution in [0.15, 0.2) is 40.9 Å². The first-order valence-corrected chi connectivity index (χ1v) is 8.09. The summed E-state index contributed by atoms with van der Waals surface area (Å²) < 4.78 is 23.9. The molecule has 18 heavy (non-hydrogen) atoms. The molecular formula is C12H14N2O2S2. The van der Waals surface area contributed by atoms with Crippen molar-refractivity contribution in [2.75, 3.05) is 11.1 Å². The lowest BCUT2D eigenvalue weighted by Crippen LogP contribution is -2.08. The Morgan fingerprint density at radius 1 is 1.33 bits per heavy atom. The smallest absolute Gasteiger partial charge is 0.180 e. The highest BCUT2D eigenvalue weighted by molar-refractivity contribution is 7.91. The SMILES string of the molecule is CCS(=O)(=O)c1ccccc1NCc1cncs1. The molecule has 2 aromatic rings. The van der Waals surface area contributed by atoms with Gasteiger partial charge in [0.15, 0.2) is 9.84 Å². The molecular weight excluding hydrogens is 268 g/mol. The first kappa shape index (κ1) is 13.0. The van der Waals surface area contributed by atoms with E-state index in [0.717, 1.165) is 4.88 Å². The van der Waals surface area contributed by atoms with Gasteiger partial charge in [-0.05, 0) is 12.1 Å². The Labute approximate surface area is 111 Å². The van der Waals surface area contributed by atoms with E-state index in [0.29, 0.717) is 17.1 Å². The summed E-state index contributed by atoms with van der Waals surface area (Å²) in [5.74, 6) is 0.103. The molecule has 0 spiro atoms. The maximum Gasteiger partial charge on any atom is 0.180 e. The summed E-state index contributed by atoms with van der Waals surface area (Å²) in [5, 5.41) is 3.15. The molecule has 0 atom stereocenters. The molecule has 96 valence electrons. The van der Waals surface area contributed by atoms with Crippen molar-refractivity contribution in [2.24, 2.45) is 0 Å². The molecule has 0 radical (unpaired) electrons. The van der Waals surface area contributed by atoms with Gasteiger partial charge in [-0.25, -0.2) is 8.42 Å². The van der Waals surface area contributed by atoms with Crippen molar-refractivity contribution in [3.05, 3.63) is 40.8 Å². The van der Waals surface area contributed by atoms with E-state index >= 15 is 0 Å². The molecule has 1 N–H and O–H groups in total. The standard InChI is InChI=1S/C12H14N2O2S2/c1-2-18(15,16)12-6-4-3-5-11(12)14-8-10-7-13-9-17-10/h3-7,9,14H,2,8H2,1H3. The van der Waals surface area contributed by atoms with Crippen molar-refractivity contribution in [3.63, 3.8) is 0 Å². The molecule has 1 aromatic heterocycles. The Balaban J connectivity index is 2.23. The van der Waals surface area contributed by atoms with Crippen LogP contribution in [0.4, 0.5) is 5.69 Å². The van der Waals surface area contributed by atoms with Crippen LogP contribution in [0.25, 0.3) is 0 Å². The zero-order chi connectivity index (χ0) is 13.0. The van der Waals surface area contributed by atoms with Gasteiger partial charge in [-0.3, -0.25) is 4.98 Å². The van der Waals surface area contributed by atoms with Gasteiger partial charge in [-0.2, -0.15) is 0 Å². The number of nitrogens with one attached hydrogen (secondary N) is 1. The van der Waals surface area contributed by atoms with Crippen molar-refractivity contribution in [1.29, 1.82) is 0 Å². The van der Waals surface area contributed by atoms with Crippen molar-refractivity contribution in [1.82, 2.24) is 4.98 Å². The zero-order valence-electron chi connectivity index (χ0n) is 9.96. The third kappa shape index (κ3) is 2.88. The van der Waals surface area contributed by atoms with E-state index in [-0.39, 0.29) is 5.75 Å². The van der Waals surface area contributed by atoms with E-state index in [2.05, 4.69) is 10.3 Å². The molecule has 1 heterocycles. The molecule has 0 aliphatic carbocycles. The Hall–Kier alpha value is -1.40. The van der Waals surface area contributed by atoms with Gasteiger partial charge in [0.05, 0.1) is 28.4 Å². The van der Waals surface area contributed by atoms with Crippen LogP contribution < -0.4 is 5.32 Å². The minimum atomic E-state index is -3.19. The van der Waals surface area contributed by atoms with Crippen LogP contribution in [0.2, 0.25) is 0 Å². The molecule has 0 unspecified atom stereocenters. The fourth-order valence-corrected chi connectivity index (χ4v) is 3.16. The zero-order valence-corrected chi connectivity index (χ0v) is 11.6. The number of hydrogen-bond donors (Lipinski definition) is 1. The highest BCUT2D eigenvalue weighted by Crippen LogP contribution is 2.22. The minimum absolute atomic E-state index is 0.103. The van der Waals surface area contributed by atoms with Gasteiger partial charge in [0, 0.05) is 11.1 Å². The lowest BCUT2D eigenvalue weighted by molar-refractivity contribution is 0.597. The largest absolute Gasteiger partial charge is 0.379 e. The van der Waals surface area contributed by atoms with Gasteiger partial charge in [0.25, 0.3) is 0 Å².